The molecule has 14 heteroatoms. The summed E-state index contributed by atoms with van der Waals surface area (Å²) < 4.78 is 35.8. The van der Waals surface area contributed by atoms with Crippen LogP contribution in [0.2, 0.25) is 0 Å². The molecule has 9 heterocycles. The molecular weight excluding hydrogens is 1340 g/mol. The molecule has 20 aromatic rings. The van der Waals surface area contributed by atoms with Crippen molar-refractivity contribution in [3.63, 3.8) is 0 Å². The first-order valence-corrected chi connectivity index (χ1v) is 35.8. The zero-order chi connectivity index (χ0) is 67.0. The zero-order valence-electron chi connectivity index (χ0n) is 54.6. The highest BCUT2D eigenvalue weighted by Crippen LogP contribution is 2.46. The summed E-state index contributed by atoms with van der Waals surface area (Å²) in [7, 11) is -0.427. The smallest absolute Gasteiger partial charge is 0.452 e. The predicted molar refractivity (Wildman–Crippen MR) is 421 cm³/mol. The van der Waals surface area contributed by atoms with Gasteiger partial charge in [0.2, 0.25) is 0 Å². The first-order valence-electron chi connectivity index (χ1n) is 33.4. The molecule has 1 fully saturated rings. The summed E-state index contributed by atoms with van der Waals surface area (Å²) in [6.45, 7) is 8.47. The topological polar surface area (TPSA) is 106 Å². The molecule has 10 nitrogen and oxygen atoms in total. The average Bonchev–Trinajstić information content (AvgIpc) is 1.61. The number of nitrogens with zero attached hydrogens (tertiary/aromatic N) is 6. The van der Waals surface area contributed by atoms with Gasteiger partial charge in [0.15, 0.2) is 21.7 Å². The van der Waals surface area contributed by atoms with Crippen molar-refractivity contribution in [1.29, 1.82) is 0 Å². The maximum absolute atomic E-state index is 6.58. The highest BCUT2D eigenvalue weighted by Gasteiger charge is 2.52. The number of furan rings is 2. The summed E-state index contributed by atoms with van der Waals surface area (Å²) in [5, 5.41) is 11.9. The minimum absolute atomic E-state index is 0. The zero-order valence-corrected chi connectivity index (χ0v) is 57.9. The monoisotopic (exact) mass is 1400 g/mol. The van der Waals surface area contributed by atoms with Crippen molar-refractivity contribution in [3.8, 4) is 45.3 Å². The molecule has 1 saturated heterocycles. The molecular formula is C86H60BBrN6O4S2. The molecule has 0 saturated carbocycles. The highest BCUT2D eigenvalue weighted by molar-refractivity contribution is 9.10. The summed E-state index contributed by atoms with van der Waals surface area (Å²) in [6.07, 6.45) is 0. The van der Waals surface area contributed by atoms with Crippen LogP contribution in [0.3, 0.4) is 0 Å². The van der Waals surface area contributed by atoms with E-state index in [-0.39, 0.29) is 1.43 Å². The van der Waals surface area contributed by atoms with Crippen molar-refractivity contribution in [2.75, 3.05) is 0 Å². The quantitative estimate of drug-likeness (QED) is 0.120. The summed E-state index contributed by atoms with van der Waals surface area (Å²) >= 11 is 7.00. The lowest BCUT2D eigenvalue weighted by Crippen LogP contribution is -2.41. The molecule has 0 unspecified atom stereocenters. The van der Waals surface area contributed by atoms with Gasteiger partial charge in [0.25, 0.3) is 0 Å². The number of para-hydroxylation sites is 6. The van der Waals surface area contributed by atoms with Crippen molar-refractivity contribution in [3.05, 3.63) is 284 Å². The van der Waals surface area contributed by atoms with Gasteiger partial charge < -0.3 is 27.3 Å². The lowest BCUT2D eigenvalue weighted by Gasteiger charge is -2.32. The van der Waals surface area contributed by atoms with Gasteiger partial charge >= 0.3 is 7.12 Å². The molecule has 0 bridgehead atoms. The maximum atomic E-state index is 6.58. The van der Waals surface area contributed by atoms with Crippen molar-refractivity contribution >= 4 is 179 Å². The van der Waals surface area contributed by atoms with Gasteiger partial charge in [-0.05, 0) is 129 Å². The lowest BCUT2D eigenvalue weighted by atomic mass is 9.78. The minimum atomic E-state index is -0.427. The van der Waals surface area contributed by atoms with Crippen LogP contribution < -0.4 is 5.46 Å². The van der Waals surface area contributed by atoms with Crippen LogP contribution in [0.5, 0.6) is 0 Å². The minimum Gasteiger partial charge on any atom is -0.452 e. The normalized spacial score (nSPS) is 13.7. The van der Waals surface area contributed by atoms with E-state index < -0.39 is 18.3 Å². The molecule has 1 aliphatic rings. The van der Waals surface area contributed by atoms with Crippen LogP contribution in [0.4, 0.5) is 0 Å². The van der Waals surface area contributed by atoms with Gasteiger partial charge in [-0.1, -0.05) is 194 Å². The lowest BCUT2D eigenvalue weighted by molar-refractivity contribution is 0.00578. The molecule has 0 N–H and O–H groups in total. The molecule has 1 aliphatic heterocycles. The standard InChI is InChI=1S/C40H23N3OS.C30H26BNO2S.C16H9BrN2O.H2/c1-2-12-24(13-3-1)36-38-37(29-17-6-10-20-34(29)44-38)42-40(41-36)31-23-25(22-30-28-16-7-11-21-35(28)45-39(30)31)43-32-18-8-4-14-26(32)27-15-5-9-19-33(27)43;1-29(2)30(3,4)34-31(33-29)24-18-19(17-23-22-13-7-10-16-27(22)35-28(23)24)32-25-14-8-5-11-20(25)21-12-6-9-15-26(21)32;17-16-18-13(10-6-2-1-3-7-10)15-14(19-16)11-8-4-5-9-12(11)20-15;/h1-23H;5-18H,1-4H3;1-9H;1H/i;;;1+1. The van der Waals surface area contributed by atoms with Gasteiger partial charge in [0, 0.05) is 108 Å². The van der Waals surface area contributed by atoms with E-state index in [0.717, 1.165) is 83.5 Å². The molecule has 0 spiro atoms. The average molecular weight is 1400 g/mol. The summed E-state index contributed by atoms with van der Waals surface area (Å²) in [6, 6.07) is 97.4. The first kappa shape index (κ1) is 60.1. The van der Waals surface area contributed by atoms with Gasteiger partial charge in [-0.15, -0.1) is 22.7 Å². The van der Waals surface area contributed by atoms with E-state index in [0.29, 0.717) is 16.1 Å². The molecule has 0 radical (unpaired) electrons. The van der Waals surface area contributed by atoms with Crippen molar-refractivity contribution in [1.82, 2.24) is 29.1 Å². The Morgan fingerprint density at radius 3 is 1.24 bits per heavy atom. The SMILES string of the molecule is Brc1nc(-c2ccccc2)c2oc3ccccc3c2n1.CC1(C)OB(c2cc(-n3c4ccccc4c4ccccc43)cc3c2sc2ccccc23)OC1(C)C.[2HH].c1ccc(-c2nc(-c3cc(-n4c5ccccc5c5ccccc54)cc4c3sc3ccccc34)nc3c2oc2ccccc23)cc1. The van der Waals surface area contributed by atoms with Crippen molar-refractivity contribution < 1.29 is 19.6 Å². The molecule has 0 amide bonds. The van der Waals surface area contributed by atoms with Gasteiger partial charge in [-0.3, -0.25) is 0 Å². The van der Waals surface area contributed by atoms with E-state index in [1.165, 1.54) is 84.0 Å². The fourth-order valence-electron chi connectivity index (χ4n) is 14.5. The number of benzene rings is 12. The van der Waals surface area contributed by atoms with Crippen LogP contribution in [-0.2, 0) is 9.31 Å². The van der Waals surface area contributed by atoms with Gasteiger partial charge in [0.05, 0.1) is 33.3 Å². The van der Waals surface area contributed by atoms with Crippen LogP contribution in [0.25, 0.3) is 173 Å². The Morgan fingerprint density at radius 2 is 0.750 bits per heavy atom. The third-order valence-electron chi connectivity index (χ3n) is 19.9. The van der Waals surface area contributed by atoms with Crippen LogP contribution in [0, 0.1) is 0 Å². The predicted octanol–water partition coefficient (Wildman–Crippen LogP) is 23.7. The van der Waals surface area contributed by atoms with Gasteiger partial charge in [-0.2, -0.15) is 0 Å². The number of halogens is 1. The van der Waals surface area contributed by atoms with Gasteiger partial charge in [0.1, 0.15) is 33.6 Å². The molecule has 0 aliphatic carbocycles. The fourth-order valence-corrected chi connectivity index (χ4v) is 17.2. The van der Waals surface area contributed by atoms with E-state index in [4.69, 9.17) is 28.1 Å². The second-order valence-corrected chi connectivity index (χ2v) is 29.1. The number of hydrogen-bond acceptors (Lipinski definition) is 10. The van der Waals surface area contributed by atoms with E-state index in [1.807, 2.05) is 102 Å². The van der Waals surface area contributed by atoms with Crippen LogP contribution >= 0.6 is 38.6 Å². The molecule has 0 atom stereocenters. The molecule has 12 aromatic carbocycles. The van der Waals surface area contributed by atoms with Crippen LogP contribution in [-0.4, -0.2) is 47.4 Å². The highest BCUT2D eigenvalue weighted by atomic mass is 79.9. The van der Waals surface area contributed by atoms with E-state index in [9.17, 15) is 0 Å². The molecule has 8 aromatic heterocycles. The van der Waals surface area contributed by atoms with Crippen LogP contribution in [0.15, 0.2) is 293 Å². The summed E-state index contributed by atoms with van der Waals surface area (Å²) in [4.78, 5) is 19.5. The molecule has 100 heavy (non-hydrogen) atoms. The summed E-state index contributed by atoms with van der Waals surface area (Å²) in [5.74, 6) is 0.687. The van der Waals surface area contributed by atoms with Crippen molar-refractivity contribution in [2.45, 2.75) is 38.9 Å². The number of fused-ring (bicyclic) bond motifs is 18. The Morgan fingerprint density at radius 1 is 0.370 bits per heavy atom. The Balaban J connectivity index is 0.000000116. The molecule has 480 valence electrons. The van der Waals surface area contributed by atoms with E-state index >= 15 is 0 Å². The van der Waals surface area contributed by atoms with Crippen LogP contribution in [0.1, 0.15) is 29.1 Å². The number of aromatic nitrogens is 6. The van der Waals surface area contributed by atoms with Crippen molar-refractivity contribution in [2.24, 2.45) is 0 Å². The van der Waals surface area contributed by atoms with E-state index in [2.05, 4.69) is 251 Å². The van der Waals surface area contributed by atoms with Gasteiger partial charge in [-0.25, -0.2) is 19.9 Å². The Kier molecular flexibility index (Phi) is 14.2. The number of rotatable bonds is 6. The third kappa shape index (κ3) is 9.79. The third-order valence-corrected chi connectivity index (χ3v) is 22.7. The second-order valence-electron chi connectivity index (χ2n) is 26.3. The summed E-state index contributed by atoms with van der Waals surface area (Å²) in [5.41, 5.74) is 16.6. The molecule has 21 rings (SSSR count). The van der Waals surface area contributed by atoms with E-state index in [1.54, 1.807) is 11.3 Å². The largest absolute Gasteiger partial charge is 0.496 e. The first-order chi connectivity index (χ1) is 49.0. The fraction of sp³-hybridized carbons (Fsp3) is 0.0698. The Bertz CT molecular complexity index is 6560. The number of thiophene rings is 2. The maximum Gasteiger partial charge on any atom is 0.496 e. The Labute approximate surface area is 591 Å². The second kappa shape index (κ2) is 23.5. The number of hydrogen-bond donors (Lipinski definition) is 0. The Hall–Kier alpha value is -11.1.